The van der Waals surface area contributed by atoms with Gasteiger partial charge in [-0.05, 0) is 0 Å². The normalized spacial score (nSPS) is 30.1. The van der Waals surface area contributed by atoms with Crippen LogP contribution in [-0.2, 0) is 84.3 Å². The molecule has 6 fully saturated rings. The summed E-state index contributed by atoms with van der Waals surface area (Å²) in [6.07, 6.45) is 24.5. The SMILES string of the molecule is CC.CC.CC.CC.C[C-]1C2CCCCC2C2CCCCC12.C[C-]1C2CCCCC2C2CCCCC12.[Ar].[Ar].[Ar].[Ar].[Ar].[Ar].[W].[W].[W].[W]. The first-order valence-electron chi connectivity index (χ1n) is 17.4. The van der Waals surface area contributed by atoms with Gasteiger partial charge < -0.3 is 11.8 Å². The van der Waals surface area contributed by atoms with Crippen LogP contribution < -0.4 is 0 Å². The summed E-state index contributed by atoms with van der Waals surface area (Å²) in [5, 5.41) is 0. The van der Waals surface area contributed by atoms with E-state index in [-0.39, 0.29) is 311 Å². The standard InChI is InChI=1S/2C14H23.4C2H6.6Ar.4W/c2*1-10-11-6-2-4-8-13(11)14-9-5-3-7-12(10)14;4*1-2;;;;;;;;;;/h2*11-14H,2-9H2,1H3;4*1-2H3;;;;;;;;;;/q2*-1;;;;;;;;;;;;;;. The molecule has 6 aliphatic carbocycles. The predicted molar refractivity (Wildman–Crippen MR) is 165 cm³/mol. The molecule has 0 saturated heterocycles. The molecule has 0 aliphatic heterocycles. The number of fused-ring (bicyclic) bond motifs is 6. The van der Waals surface area contributed by atoms with Crippen LogP contribution in [0.4, 0.5) is 0 Å². The van der Waals surface area contributed by atoms with E-state index in [0.29, 0.717) is 0 Å². The largest absolute Gasteiger partial charge is 0.310 e. The molecule has 0 radical (unpaired) electrons. The van der Waals surface area contributed by atoms with Crippen molar-refractivity contribution in [1.29, 1.82) is 0 Å². The van der Waals surface area contributed by atoms with Crippen molar-refractivity contribution in [2.45, 2.75) is 172 Å². The summed E-state index contributed by atoms with van der Waals surface area (Å²) in [5.74, 6) is 12.5. The Morgan fingerprint density at radius 1 is 0.283 bits per heavy atom. The fourth-order valence-electron chi connectivity index (χ4n) is 9.50. The topological polar surface area (TPSA) is 0 Å². The molecule has 0 aromatic carbocycles. The van der Waals surface area contributed by atoms with Gasteiger partial charge in [-0.1, -0.05) is 182 Å². The van der Waals surface area contributed by atoms with Crippen LogP contribution in [-0.4, -0.2) is 0 Å². The van der Waals surface area contributed by atoms with E-state index in [1.807, 2.05) is 67.2 Å². The van der Waals surface area contributed by atoms with Crippen LogP contribution in [0.5, 0.6) is 0 Å². The first kappa shape index (κ1) is 80.3. The van der Waals surface area contributed by atoms with E-state index in [0.717, 1.165) is 47.3 Å². The Hall–Kier alpha value is 10.3. The molecule has 0 N–H and O–H groups in total. The molecule has 0 nitrogen and oxygen atoms in total. The summed E-state index contributed by atoms with van der Waals surface area (Å²) in [6, 6.07) is 0. The Kier molecular flexibility index (Phi) is 89.8. The van der Waals surface area contributed by atoms with E-state index in [4.69, 9.17) is 0 Å². The van der Waals surface area contributed by atoms with Crippen LogP contribution in [0.2, 0.25) is 0 Å². The van der Waals surface area contributed by atoms with Gasteiger partial charge in [0.15, 0.2) is 0 Å². The maximum absolute atomic E-state index is 2.49. The van der Waals surface area contributed by atoms with Crippen molar-refractivity contribution in [3.63, 3.8) is 0 Å². The van der Waals surface area contributed by atoms with Crippen molar-refractivity contribution < 1.29 is 311 Å². The van der Waals surface area contributed by atoms with Gasteiger partial charge in [0.2, 0.25) is 0 Å². The molecule has 6 aliphatic rings. The van der Waals surface area contributed by atoms with Crippen molar-refractivity contribution in [2.75, 3.05) is 0 Å². The molecule has 10 heteroatoms. The zero-order valence-electron chi connectivity index (χ0n) is 30.7. The van der Waals surface area contributed by atoms with E-state index in [2.05, 4.69) is 13.8 Å². The average molecular weight is 1480 g/mol. The molecule has 0 aromatic rings. The summed E-state index contributed by atoms with van der Waals surface area (Å²) in [5.41, 5.74) is 0. The van der Waals surface area contributed by atoms with Gasteiger partial charge in [0, 0.05) is 311 Å². The molecule has 8 atom stereocenters. The maximum atomic E-state index is 2.49. The molecular formula is C36H70Ar6W4-2. The Balaban J connectivity index is -0.0000000491. The summed E-state index contributed by atoms with van der Waals surface area (Å²) < 4.78 is 0. The van der Waals surface area contributed by atoms with E-state index < -0.39 is 0 Å². The second-order valence-corrected chi connectivity index (χ2v) is 11.7. The minimum Gasteiger partial charge on any atom is -0.310 e. The van der Waals surface area contributed by atoms with Crippen LogP contribution in [0.15, 0.2) is 0 Å². The van der Waals surface area contributed by atoms with E-state index >= 15 is 0 Å². The van der Waals surface area contributed by atoms with Gasteiger partial charge in [0.1, 0.15) is 0 Å². The van der Waals surface area contributed by atoms with Crippen LogP contribution in [0.3, 0.4) is 0 Å². The average Bonchev–Trinajstić information content (AvgIpc) is 3.45. The summed E-state index contributed by atoms with van der Waals surface area (Å²) >= 11 is 0. The van der Waals surface area contributed by atoms with Gasteiger partial charge in [0.05, 0.1) is 0 Å². The third kappa shape index (κ3) is 25.2. The van der Waals surface area contributed by atoms with Crippen LogP contribution in [0, 0.1) is 286 Å². The molecule has 0 aromatic heterocycles. The van der Waals surface area contributed by atoms with Crippen LogP contribution in [0.1, 0.15) is 172 Å². The van der Waals surface area contributed by atoms with E-state index in [1.54, 1.807) is 25.7 Å². The Bertz CT molecular complexity index is 463. The summed E-state index contributed by atoms with van der Waals surface area (Å²) in [4.78, 5) is 0. The molecule has 8 unspecified atom stereocenters. The van der Waals surface area contributed by atoms with Crippen molar-refractivity contribution in [1.82, 2.24) is 0 Å². The predicted octanol–water partition coefficient (Wildman–Crippen LogP) is 12.5. The van der Waals surface area contributed by atoms with Gasteiger partial charge >= 0.3 is 0 Å². The van der Waals surface area contributed by atoms with Gasteiger partial charge in [0.25, 0.3) is 0 Å². The van der Waals surface area contributed by atoms with Gasteiger partial charge in [-0.3, -0.25) is 0 Å². The van der Waals surface area contributed by atoms with E-state index in [9.17, 15) is 0 Å². The van der Waals surface area contributed by atoms with E-state index in [1.165, 1.54) is 77.0 Å². The maximum Gasteiger partial charge on any atom is 0 e. The molecule has 6 rings (SSSR count). The Labute approximate surface area is 529 Å². The Morgan fingerprint density at radius 3 is 0.565 bits per heavy atom. The number of hydrogen-bond donors (Lipinski definition) is 0. The summed E-state index contributed by atoms with van der Waals surface area (Å²) in [7, 11) is 0. The number of hydrogen-bond acceptors (Lipinski definition) is 0. The molecule has 0 bridgehead atoms. The van der Waals surface area contributed by atoms with Crippen LogP contribution in [0.25, 0.3) is 0 Å². The third-order valence-electron chi connectivity index (χ3n) is 10.7. The minimum absolute atomic E-state index is 0. The first-order chi connectivity index (χ1) is 17.8. The molecule has 46 heavy (non-hydrogen) atoms. The fraction of sp³-hybridized carbons (Fsp3) is 0.944. The quantitative estimate of drug-likeness (QED) is 0.212. The molecule has 288 valence electrons. The van der Waals surface area contributed by atoms with Crippen molar-refractivity contribution in [3.05, 3.63) is 11.8 Å². The second-order valence-electron chi connectivity index (χ2n) is 11.7. The van der Waals surface area contributed by atoms with Crippen molar-refractivity contribution in [2.24, 2.45) is 47.3 Å². The summed E-state index contributed by atoms with van der Waals surface area (Å²) in [6.45, 7) is 21.0. The van der Waals surface area contributed by atoms with Crippen molar-refractivity contribution >= 4 is 0 Å². The first-order valence-corrected chi connectivity index (χ1v) is 17.4. The van der Waals surface area contributed by atoms with Gasteiger partial charge in [-0.15, -0.1) is 0 Å². The van der Waals surface area contributed by atoms with Crippen molar-refractivity contribution in [3.8, 4) is 0 Å². The minimum atomic E-state index is 0. The zero-order valence-corrected chi connectivity index (χ0v) is 46.7. The van der Waals surface area contributed by atoms with Gasteiger partial charge in [-0.2, -0.15) is 37.5 Å². The zero-order chi connectivity index (χ0) is 27.1. The fourth-order valence-corrected chi connectivity index (χ4v) is 9.50. The second kappa shape index (κ2) is 51.5. The Morgan fingerprint density at radius 2 is 0.413 bits per heavy atom. The molecule has 0 heterocycles. The van der Waals surface area contributed by atoms with Gasteiger partial charge in [-0.25, -0.2) is 0 Å². The molecule has 0 amide bonds. The molecule has 6 saturated carbocycles. The van der Waals surface area contributed by atoms with Crippen LogP contribution >= 0.6 is 0 Å². The monoisotopic (exact) mass is 1480 g/mol. The smallest absolute Gasteiger partial charge is 0 e. The molecule has 0 spiro atoms. The molecular weight excluding hydrogens is 1410 g/mol. The number of rotatable bonds is 0. The third-order valence-corrected chi connectivity index (χ3v) is 10.7.